The Balaban J connectivity index is 0.00000200. The molecule has 0 bridgehead atoms. The van der Waals surface area contributed by atoms with Gasteiger partial charge < -0.3 is 10.6 Å². The second kappa shape index (κ2) is 7.87. The standard InChI is InChI=1S/C15H21ClN2O.ClH/c1-11(17)12-6-8-18(9-7-12)15(19)10-13-4-2-3-5-14(13)16;/h2-5,11-12H,6-10,17H2,1H3;1H. The Hall–Kier alpha value is -0.770. The number of benzene rings is 1. The number of hydrogen-bond acceptors (Lipinski definition) is 2. The van der Waals surface area contributed by atoms with E-state index in [1.54, 1.807) is 0 Å². The molecule has 1 atom stereocenters. The van der Waals surface area contributed by atoms with Crippen LogP contribution in [-0.4, -0.2) is 29.9 Å². The Bertz CT molecular complexity index is 443. The zero-order valence-corrected chi connectivity index (χ0v) is 13.3. The Morgan fingerprint density at radius 2 is 2.00 bits per heavy atom. The molecule has 20 heavy (non-hydrogen) atoms. The molecular weight excluding hydrogens is 295 g/mol. The molecule has 1 unspecified atom stereocenters. The van der Waals surface area contributed by atoms with Crippen molar-refractivity contribution in [2.24, 2.45) is 11.7 Å². The molecule has 1 amide bonds. The fraction of sp³-hybridized carbons (Fsp3) is 0.533. The van der Waals surface area contributed by atoms with Gasteiger partial charge in [-0.3, -0.25) is 4.79 Å². The first-order valence-electron chi connectivity index (χ1n) is 6.84. The van der Waals surface area contributed by atoms with Gasteiger partial charge in [-0.2, -0.15) is 0 Å². The van der Waals surface area contributed by atoms with Gasteiger partial charge in [0.25, 0.3) is 0 Å². The second-order valence-corrected chi connectivity index (χ2v) is 5.75. The minimum absolute atomic E-state index is 0. The number of likely N-dealkylation sites (tertiary alicyclic amines) is 1. The minimum Gasteiger partial charge on any atom is -0.342 e. The van der Waals surface area contributed by atoms with Crippen molar-refractivity contribution in [1.82, 2.24) is 4.90 Å². The molecule has 1 fully saturated rings. The first-order chi connectivity index (χ1) is 9.08. The summed E-state index contributed by atoms with van der Waals surface area (Å²) in [5, 5.41) is 0.668. The molecule has 1 aromatic rings. The number of carbonyl (C=O) groups is 1. The van der Waals surface area contributed by atoms with Gasteiger partial charge in [0.05, 0.1) is 6.42 Å². The molecule has 5 heteroatoms. The summed E-state index contributed by atoms with van der Waals surface area (Å²) >= 11 is 6.08. The predicted octanol–water partition coefficient (Wildman–Crippen LogP) is 2.89. The molecule has 2 rings (SSSR count). The van der Waals surface area contributed by atoms with Crippen LogP contribution in [0.3, 0.4) is 0 Å². The van der Waals surface area contributed by atoms with Gasteiger partial charge in [0.1, 0.15) is 0 Å². The van der Waals surface area contributed by atoms with E-state index in [0.717, 1.165) is 31.5 Å². The Kier molecular flexibility index (Phi) is 6.80. The van der Waals surface area contributed by atoms with Crippen LogP contribution >= 0.6 is 24.0 Å². The molecule has 0 spiro atoms. The molecule has 3 nitrogen and oxygen atoms in total. The third-order valence-electron chi connectivity index (χ3n) is 3.94. The smallest absolute Gasteiger partial charge is 0.227 e. The molecule has 1 aliphatic rings. The van der Waals surface area contributed by atoms with Crippen molar-refractivity contribution in [1.29, 1.82) is 0 Å². The lowest BCUT2D eigenvalue weighted by Gasteiger charge is -2.33. The summed E-state index contributed by atoms with van der Waals surface area (Å²) in [6, 6.07) is 7.75. The number of rotatable bonds is 3. The van der Waals surface area contributed by atoms with Gasteiger partial charge in [0, 0.05) is 24.2 Å². The maximum atomic E-state index is 12.2. The normalized spacial score (nSPS) is 17.4. The van der Waals surface area contributed by atoms with Crippen molar-refractivity contribution in [3.05, 3.63) is 34.9 Å². The van der Waals surface area contributed by atoms with Crippen molar-refractivity contribution >= 4 is 29.9 Å². The van der Waals surface area contributed by atoms with E-state index < -0.39 is 0 Å². The van der Waals surface area contributed by atoms with E-state index in [1.165, 1.54) is 0 Å². The van der Waals surface area contributed by atoms with Gasteiger partial charge in [-0.15, -0.1) is 12.4 Å². The summed E-state index contributed by atoms with van der Waals surface area (Å²) in [6.45, 7) is 3.68. The van der Waals surface area contributed by atoms with Crippen molar-refractivity contribution < 1.29 is 4.79 Å². The van der Waals surface area contributed by atoms with Crippen LogP contribution in [0, 0.1) is 5.92 Å². The highest BCUT2D eigenvalue weighted by Gasteiger charge is 2.24. The highest BCUT2D eigenvalue weighted by Crippen LogP contribution is 2.21. The summed E-state index contributed by atoms with van der Waals surface area (Å²) < 4.78 is 0. The van der Waals surface area contributed by atoms with Crippen molar-refractivity contribution in [2.45, 2.75) is 32.2 Å². The Morgan fingerprint density at radius 1 is 1.40 bits per heavy atom. The summed E-state index contributed by atoms with van der Waals surface area (Å²) in [4.78, 5) is 14.2. The quantitative estimate of drug-likeness (QED) is 0.932. The highest BCUT2D eigenvalue weighted by atomic mass is 35.5. The van der Waals surface area contributed by atoms with Crippen LogP contribution < -0.4 is 5.73 Å². The van der Waals surface area contributed by atoms with E-state index in [0.29, 0.717) is 17.4 Å². The zero-order valence-electron chi connectivity index (χ0n) is 11.7. The van der Waals surface area contributed by atoms with Crippen LogP contribution in [0.15, 0.2) is 24.3 Å². The number of amides is 1. The molecule has 1 saturated heterocycles. The molecule has 0 aromatic heterocycles. The van der Waals surface area contributed by atoms with E-state index in [4.69, 9.17) is 17.3 Å². The van der Waals surface area contributed by atoms with Crippen molar-refractivity contribution in [3.63, 3.8) is 0 Å². The SMILES string of the molecule is CC(N)C1CCN(C(=O)Cc2ccccc2Cl)CC1.Cl. The van der Waals surface area contributed by atoms with Crippen LogP contribution in [0.2, 0.25) is 5.02 Å². The van der Waals surface area contributed by atoms with Gasteiger partial charge in [-0.25, -0.2) is 0 Å². The maximum absolute atomic E-state index is 12.2. The molecule has 2 N–H and O–H groups in total. The number of piperidine rings is 1. The topological polar surface area (TPSA) is 46.3 Å². The average Bonchev–Trinajstić information content (AvgIpc) is 2.41. The average molecular weight is 317 g/mol. The lowest BCUT2D eigenvalue weighted by molar-refractivity contribution is -0.131. The van der Waals surface area contributed by atoms with Gasteiger partial charge >= 0.3 is 0 Å². The Labute approximate surface area is 131 Å². The number of carbonyl (C=O) groups excluding carboxylic acids is 1. The Morgan fingerprint density at radius 3 is 2.55 bits per heavy atom. The lowest BCUT2D eigenvalue weighted by atomic mass is 9.91. The van der Waals surface area contributed by atoms with Crippen LogP contribution in [0.1, 0.15) is 25.3 Å². The maximum Gasteiger partial charge on any atom is 0.227 e. The van der Waals surface area contributed by atoms with E-state index in [2.05, 4.69) is 0 Å². The number of halogens is 2. The first-order valence-corrected chi connectivity index (χ1v) is 7.22. The third kappa shape index (κ3) is 4.37. The summed E-state index contributed by atoms with van der Waals surface area (Å²) in [5.74, 6) is 0.709. The molecule has 0 aliphatic carbocycles. The molecule has 1 aliphatic heterocycles. The molecule has 0 radical (unpaired) electrons. The molecule has 0 saturated carbocycles. The molecule has 1 aromatic carbocycles. The van der Waals surface area contributed by atoms with Crippen LogP contribution in [0.25, 0.3) is 0 Å². The summed E-state index contributed by atoms with van der Waals surface area (Å²) in [7, 11) is 0. The van der Waals surface area contributed by atoms with Crippen LogP contribution in [0.4, 0.5) is 0 Å². The highest BCUT2D eigenvalue weighted by molar-refractivity contribution is 6.31. The first kappa shape index (κ1) is 17.3. The molecule has 112 valence electrons. The summed E-state index contributed by atoms with van der Waals surface area (Å²) in [5.41, 5.74) is 6.82. The zero-order chi connectivity index (χ0) is 13.8. The number of hydrogen-bond donors (Lipinski definition) is 1. The van der Waals surface area contributed by atoms with Crippen LogP contribution in [0.5, 0.6) is 0 Å². The van der Waals surface area contributed by atoms with E-state index >= 15 is 0 Å². The van der Waals surface area contributed by atoms with Crippen molar-refractivity contribution in [2.75, 3.05) is 13.1 Å². The summed E-state index contributed by atoms with van der Waals surface area (Å²) in [6.07, 6.45) is 2.40. The van der Waals surface area contributed by atoms with Gasteiger partial charge in [-0.1, -0.05) is 29.8 Å². The minimum atomic E-state index is 0. The largest absolute Gasteiger partial charge is 0.342 e. The third-order valence-corrected chi connectivity index (χ3v) is 4.30. The van der Waals surface area contributed by atoms with Gasteiger partial charge in [0.2, 0.25) is 5.91 Å². The fourth-order valence-corrected chi connectivity index (χ4v) is 2.79. The number of nitrogens with zero attached hydrogens (tertiary/aromatic N) is 1. The predicted molar refractivity (Wildman–Crippen MR) is 85.4 cm³/mol. The van der Waals surface area contributed by atoms with Gasteiger partial charge in [-0.05, 0) is 37.3 Å². The molecule has 1 heterocycles. The lowest BCUT2D eigenvalue weighted by Crippen LogP contribution is -2.43. The molecular formula is C15H22Cl2N2O. The fourth-order valence-electron chi connectivity index (χ4n) is 2.59. The second-order valence-electron chi connectivity index (χ2n) is 5.35. The van der Waals surface area contributed by atoms with Gasteiger partial charge in [0.15, 0.2) is 0 Å². The van der Waals surface area contributed by atoms with E-state index in [-0.39, 0.29) is 24.4 Å². The van der Waals surface area contributed by atoms with E-state index in [9.17, 15) is 4.79 Å². The number of nitrogens with two attached hydrogens (primary N) is 1. The van der Waals surface area contributed by atoms with E-state index in [1.807, 2.05) is 36.1 Å². The van der Waals surface area contributed by atoms with Crippen LogP contribution in [-0.2, 0) is 11.2 Å². The monoisotopic (exact) mass is 316 g/mol. The van der Waals surface area contributed by atoms with Crippen molar-refractivity contribution in [3.8, 4) is 0 Å².